The normalized spacial score (nSPS) is 13.0. The van der Waals surface area contributed by atoms with Gasteiger partial charge in [-0.15, -0.1) is 0 Å². The number of hydrogen-bond acceptors (Lipinski definition) is 2. The van der Waals surface area contributed by atoms with Crippen LogP contribution < -0.4 is 0 Å². The molecule has 0 aromatic heterocycles. The summed E-state index contributed by atoms with van der Waals surface area (Å²) in [5.74, 6) is 0. The molecule has 0 aliphatic heterocycles. The Bertz CT molecular complexity index is 591. The fraction of sp³-hybridized carbons (Fsp3) is 0.455. The first kappa shape index (κ1) is 20.5. The molecule has 0 fully saturated rings. The predicted molar refractivity (Wildman–Crippen MR) is 103 cm³/mol. The molecule has 0 bridgehead atoms. The van der Waals surface area contributed by atoms with Crippen LogP contribution in [0.25, 0.3) is 0 Å². The van der Waals surface area contributed by atoms with Crippen LogP contribution in [0.4, 0.5) is 0 Å². The van der Waals surface area contributed by atoms with Gasteiger partial charge in [-0.25, -0.2) is 0 Å². The Labute approximate surface area is 159 Å². The van der Waals surface area contributed by atoms with Gasteiger partial charge in [0.25, 0.3) is 0 Å². The summed E-state index contributed by atoms with van der Waals surface area (Å²) >= 11 is -3.42. The number of hydrogen-bond donors (Lipinski definition) is 0. The van der Waals surface area contributed by atoms with Crippen molar-refractivity contribution in [2.24, 2.45) is 0 Å². The molecule has 2 nitrogen and oxygen atoms in total. The first-order valence-electron chi connectivity index (χ1n) is 8.96. The van der Waals surface area contributed by atoms with Gasteiger partial charge in [0.2, 0.25) is 0 Å². The predicted octanol–water partition coefficient (Wildman–Crippen LogP) is 6.06. The van der Waals surface area contributed by atoms with Gasteiger partial charge in [0.05, 0.1) is 0 Å². The Morgan fingerprint density at radius 3 is 1.24 bits per heavy atom. The van der Waals surface area contributed by atoms with E-state index in [4.69, 9.17) is 5.71 Å². The van der Waals surface area contributed by atoms with Gasteiger partial charge in [-0.05, 0) is 0 Å². The summed E-state index contributed by atoms with van der Waals surface area (Å²) in [5, 5.41) is 0. The van der Waals surface area contributed by atoms with E-state index in [0.717, 1.165) is 8.35 Å². The van der Waals surface area contributed by atoms with Crippen molar-refractivity contribution in [2.45, 2.75) is 46.9 Å². The Balaban J connectivity index is 2.29. The average Bonchev–Trinajstić information content (AvgIpc) is 2.62. The molecule has 2 rings (SSSR count). The van der Waals surface area contributed by atoms with E-state index in [-0.39, 0.29) is 10.8 Å². The third-order valence-corrected chi connectivity index (χ3v) is 20.8. The number of rotatable bonds is 8. The molecule has 0 amide bonds. The molecule has 0 N–H and O–H groups in total. The molecule has 3 heteroatoms. The van der Waals surface area contributed by atoms with Crippen LogP contribution in [-0.2, 0) is 37.4 Å². The molecule has 136 valence electrons. The van der Waals surface area contributed by atoms with Gasteiger partial charge in [-0.2, -0.15) is 0 Å². The molecule has 0 radical (unpaired) electrons. The molecule has 25 heavy (non-hydrogen) atoms. The molecular weight excluding hydrogens is 475 g/mol. The monoisotopic (exact) mass is 508 g/mol. The second-order valence-electron chi connectivity index (χ2n) is 8.17. The first-order chi connectivity index (χ1) is 11.7. The van der Waals surface area contributed by atoms with Crippen LogP contribution in [0.3, 0.4) is 0 Å². The van der Waals surface area contributed by atoms with Crippen LogP contribution in [0.1, 0.15) is 38.8 Å². The molecule has 0 saturated heterocycles. The van der Waals surface area contributed by atoms with Crippen molar-refractivity contribution in [3.8, 4) is 0 Å². The zero-order chi connectivity index (χ0) is 18.6. The van der Waals surface area contributed by atoms with Gasteiger partial charge in [-0.1, -0.05) is 0 Å². The fourth-order valence-corrected chi connectivity index (χ4v) is 18.0. The fourth-order valence-electron chi connectivity index (χ4n) is 3.76. The van der Waals surface area contributed by atoms with E-state index < -0.39 is 20.8 Å². The van der Waals surface area contributed by atoms with Crippen LogP contribution in [0.2, 0.25) is 8.35 Å². The maximum absolute atomic E-state index is 6.20. The van der Waals surface area contributed by atoms with Gasteiger partial charge in [-0.3, -0.25) is 0 Å². The summed E-state index contributed by atoms with van der Waals surface area (Å²) in [6.45, 7) is 9.24. The van der Waals surface area contributed by atoms with Gasteiger partial charge < -0.3 is 0 Å². The van der Waals surface area contributed by atoms with Crippen LogP contribution in [-0.4, -0.2) is 14.2 Å². The second-order valence-corrected chi connectivity index (χ2v) is 20.2. The zero-order valence-corrected chi connectivity index (χ0v) is 20.1. The van der Waals surface area contributed by atoms with Crippen molar-refractivity contribution in [2.75, 3.05) is 14.2 Å². The van der Waals surface area contributed by atoms with Crippen molar-refractivity contribution in [1.29, 1.82) is 0 Å². The van der Waals surface area contributed by atoms with Gasteiger partial charge >= 0.3 is 159 Å². The van der Waals surface area contributed by atoms with Crippen molar-refractivity contribution < 1.29 is 26.6 Å². The van der Waals surface area contributed by atoms with E-state index in [1.807, 2.05) is 14.2 Å². The van der Waals surface area contributed by atoms with Crippen molar-refractivity contribution in [3.63, 3.8) is 0 Å². The van der Waals surface area contributed by atoms with Gasteiger partial charge in [0, 0.05) is 0 Å². The first-order valence-corrected chi connectivity index (χ1v) is 17.0. The zero-order valence-electron chi connectivity index (χ0n) is 16.5. The Morgan fingerprint density at radius 2 is 0.960 bits per heavy atom. The SMILES string of the molecule is C[O][Hf]([CH2]C(C)(C)c1ccccc1)([CH2]C(C)(C)c1ccccc1)[O]C. The molecule has 0 heterocycles. The molecule has 0 aliphatic carbocycles. The quantitative estimate of drug-likeness (QED) is 0.405. The van der Waals surface area contributed by atoms with Crippen molar-refractivity contribution in [3.05, 3.63) is 71.8 Å². The standard InChI is InChI=1S/2C10H13.2CH3O.Hf/c2*1-10(2,3)9-7-5-4-6-8-9;2*1-2;/h2*4-8H,1H2,2-3H3;2*1H3;/q;;2*-1;+2. The molecule has 0 spiro atoms. The molecular formula is C22H32HfO2. The summed E-state index contributed by atoms with van der Waals surface area (Å²) in [6.07, 6.45) is 0. The summed E-state index contributed by atoms with van der Waals surface area (Å²) in [7, 11) is 3.71. The van der Waals surface area contributed by atoms with E-state index in [0.29, 0.717) is 0 Å². The van der Waals surface area contributed by atoms with E-state index in [2.05, 4.69) is 88.4 Å². The summed E-state index contributed by atoms with van der Waals surface area (Å²) in [4.78, 5) is 0. The van der Waals surface area contributed by atoms with Gasteiger partial charge in [0.1, 0.15) is 0 Å². The van der Waals surface area contributed by atoms with Crippen LogP contribution in [0.15, 0.2) is 60.7 Å². The van der Waals surface area contributed by atoms with Crippen LogP contribution in [0, 0.1) is 0 Å². The van der Waals surface area contributed by atoms with Gasteiger partial charge in [0.15, 0.2) is 0 Å². The summed E-state index contributed by atoms with van der Waals surface area (Å²) in [6, 6.07) is 21.5. The number of benzene rings is 2. The molecule has 2 aromatic carbocycles. The van der Waals surface area contributed by atoms with Crippen molar-refractivity contribution in [1.82, 2.24) is 0 Å². The molecule has 0 unspecified atom stereocenters. The maximum atomic E-state index is 6.20. The van der Waals surface area contributed by atoms with E-state index in [9.17, 15) is 0 Å². The third-order valence-electron chi connectivity index (χ3n) is 5.28. The topological polar surface area (TPSA) is 18.5 Å². The van der Waals surface area contributed by atoms with Crippen LogP contribution >= 0.6 is 0 Å². The Morgan fingerprint density at radius 1 is 0.640 bits per heavy atom. The summed E-state index contributed by atoms with van der Waals surface area (Å²) in [5.41, 5.74) is 2.79. The molecule has 2 aromatic rings. The molecule has 0 saturated carbocycles. The second kappa shape index (κ2) is 8.28. The Hall–Kier alpha value is -0.770. The van der Waals surface area contributed by atoms with E-state index in [1.54, 1.807) is 0 Å². The van der Waals surface area contributed by atoms with Crippen molar-refractivity contribution >= 4 is 0 Å². The molecule has 0 aliphatic rings. The Kier molecular flexibility index (Phi) is 6.80. The minimum absolute atomic E-state index is 0.0433. The van der Waals surface area contributed by atoms with E-state index >= 15 is 0 Å². The van der Waals surface area contributed by atoms with E-state index in [1.165, 1.54) is 11.1 Å². The van der Waals surface area contributed by atoms with Crippen LogP contribution in [0.5, 0.6) is 0 Å². The third kappa shape index (κ3) is 5.12. The minimum atomic E-state index is -3.42. The average molecular weight is 507 g/mol. The summed E-state index contributed by atoms with van der Waals surface area (Å²) < 4.78 is 14.4. The molecule has 0 atom stereocenters.